The highest BCUT2D eigenvalue weighted by atomic mass is 16.2. The number of hydrogen-bond donors (Lipinski definition) is 2. The van der Waals surface area contributed by atoms with Crippen molar-refractivity contribution in [2.75, 3.05) is 19.6 Å². The third kappa shape index (κ3) is 3.14. The van der Waals surface area contributed by atoms with E-state index in [0.29, 0.717) is 25.2 Å². The van der Waals surface area contributed by atoms with Gasteiger partial charge in [0, 0.05) is 25.2 Å². The van der Waals surface area contributed by atoms with Crippen LogP contribution in [-0.2, 0) is 0 Å². The number of aromatic nitrogens is 1. The molecule has 1 aliphatic rings. The lowest BCUT2D eigenvalue weighted by atomic mass is 9.89. The summed E-state index contributed by atoms with van der Waals surface area (Å²) in [6, 6.07) is 13.2. The summed E-state index contributed by atoms with van der Waals surface area (Å²) in [6.07, 6.45) is 1.40. The van der Waals surface area contributed by atoms with Crippen molar-refractivity contribution in [2.45, 2.75) is 5.92 Å². The maximum atomic E-state index is 12.7. The second-order valence-corrected chi connectivity index (χ2v) is 6.02. The Bertz CT molecular complexity index is 730. The monoisotopic (exact) mass is 324 g/mol. The molecule has 0 unspecified atom stereocenters. The molecule has 0 spiro atoms. The number of primary amides is 1. The Balaban J connectivity index is 1.77. The second-order valence-electron chi connectivity index (χ2n) is 6.02. The summed E-state index contributed by atoms with van der Waals surface area (Å²) in [5.41, 5.74) is 12.9. The van der Waals surface area contributed by atoms with Gasteiger partial charge in [0.25, 0.3) is 11.8 Å². The van der Waals surface area contributed by atoms with Crippen LogP contribution in [0.1, 0.15) is 32.3 Å². The Morgan fingerprint density at radius 1 is 1.12 bits per heavy atom. The van der Waals surface area contributed by atoms with Crippen LogP contribution in [0.3, 0.4) is 0 Å². The van der Waals surface area contributed by atoms with Gasteiger partial charge in [0.15, 0.2) is 0 Å². The number of pyridine rings is 1. The van der Waals surface area contributed by atoms with E-state index in [9.17, 15) is 9.59 Å². The SMILES string of the molecule is NC[C@@H]1CN(C(=O)c2ccc(C(N)=O)nc2)C[C@H]1c1ccccc1. The van der Waals surface area contributed by atoms with Crippen LogP contribution in [0.5, 0.6) is 0 Å². The van der Waals surface area contributed by atoms with Crippen molar-refractivity contribution in [1.29, 1.82) is 0 Å². The molecule has 2 aromatic rings. The number of carbonyl (C=O) groups excluding carboxylic acids is 2. The average Bonchev–Trinajstić information content (AvgIpc) is 3.06. The minimum Gasteiger partial charge on any atom is -0.364 e. The van der Waals surface area contributed by atoms with Gasteiger partial charge in [0.05, 0.1) is 5.56 Å². The van der Waals surface area contributed by atoms with E-state index in [4.69, 9.17) is 11.5 Å². The molecular weight excluding hydrogens is 304 g/mol. The number of rotatable bonds is 4. The fourth-order valence-corrected chi connectivity index (χ4v) is 3.20. The van der Waals surface area contributed by atoms with E-state index in [1.54, 1.807) is 11.0 Å². The van der Waals surface area contributed by atoms with Gasteiger partial charge < -0.3 is 16.4 Å². The van der Waals surface area contributed by atoms with E-state index < -0.39 is 5.91 Å². The van der Waals surface area contributed by atoms with Crippen molar-refractivity contribution in [2.24, 2.45) is 17.4 Å². The summed E-state index contributed by atoms with van der Waals surface area (Å²) in [6.45, 7) is 1.77. The van der Waals surface area contributed by atoms with Crippen LogP contribution >= 0.6 is 0 Å². The molecule has 1 aliphatic heterocycles. The molecular formula is C18H20N4O2. The van der Waals surface area contributed by atoms with Gasteiger partial charge in [0.1, 0.15) is 5.69 Å². The predicted molar refractivity (Wildman–Crippen MR) is 90.4 cm³/mol. The standard InChI is InChI=1S/C18H20N4O2/c19-8-14-10-22(11-15(14)12-4-2-1-3-5-12)18(24)13-6-7-16(17(20)23)21-9-13/h1-7,9,14-15H,8,10-11,19H2,(H2,20,23)/t14-,15+/m1/s1. The van der Waals surface area contributed by atoms with E-state index in [2.05, 4.69) is 17.1 Å². The summed E-state index contributed by atoms with van der Waals surface area (Å²) < 4.78 is 0. The number of amides is 2. The maximum Gasteiger partial charge on any atom is 0.267 e. The van der Waals surface area contributed by atoms with Gasteiger partial charge in [-0.1, -0.05) is 30.3 Å². The van der Waals surface area contributed by atoms with Crippen molar-refractivity contribution in [1.82, 2.24) is 9.88 Å². The smallest absolute Gasteiger partial charge is 0.267 e. The summed E-state index contributed by atoms with van der Waals surface area (Å²) in [4.78, 5) is 29.5. The molecule has 4 N–H and O–H groups in total. The predicted octanol–water partition coefficient (Wildman–Crippen LogP) is 0.995. The third-order valence-corrected chi connectivity index (χ3v) is 4.52. The highest BCUT2D eigenvalue weighted by Crippen LogP contribution is 2.32. The topological polar surface area (TPSA) is 102 Å². The van der Waals surface area contributed by atoms with E-state index in [0.717, 1.165) is 0 Å². The molecule has 1 fully saturated rings. The van der Waals surface area contributed by atoms with Crippen LogP contribution < -0.4 is 11.5 Å². The van der Waals surface area contributed by atoms with Crippen molar-refractivity contribution in [3.8, 4) is 0 Å². The van der Waals surface area contributed by atoms with Gasteiger partial charge in [-0.25, -0.2) is 0 Å². The first-order valence-corrected chi connectivity index (χ1v) is 7.90. The van der Waals surface area contributed by atoms with Gasteiger partial charge >= 0.3 is 0 Å². The van der Waals surface area contributed by atoms with Crippen LogP contribution in [0, 0.1) is 5.92 Å². The molecule has 0 aliphatic carbocycles. The number of nitrogens with two attached hydrogens (primary N) is 2. The van der Waals surface area contributed by atoms with Gasteiger partial charge in [-0.15, -0.1) is 0 Å². The number of nitrogens with zero attached hydrogens (tertiary/aromatic N) is 2. The van der Waals surface area contributed by atoms with Gasteiger partial charge in [-0.2, -0.15) is 0 Å². The quantitative estimate of drug-likeness (QED) is 0.875. The molecule has 0 bridgehead atoms. The number of hydrogen-bond acceptors (Lipinski definition) is 4. The van der Waals surface area contributed by atoms with Crippen LogP contribution in [-0.4, -0.2) is 41.3 Å². The average molecular weight is 324 g/mol. The lowest BCUT2D eigenvalue weighted by Gasteiger charge is -2.17. The molecule has 0 saturated carbocycles. The zero-order valence-corrected chi connectivity index (χ0v) is 13.3. The highest BCUT2D eigenvalue weighted by molar-refractivity contribution is 5.96. The fraction of sp³-hybridized carbons (Fsp3) is 0.278. The summed E-state index contributed by atoms with van der Waals surface area (Å²) in [5, 5.41) is 0. The Kier molecular flexibility index (Phi) is 4.57. The Morgan fingerprint density at radius 3 is 2.46 bits per heavy atom. The number of likely N-dealkylation sites (tertiary alicyclic amines) is 1. The van der Waals surface area contributed by atoms with Crippen molar-refractivity contribution in [3.05, 3.63) is 65.5 Å². The van der Waals surface area contributed by atoms with E-state index in [1.807, 2.05) is 18.2 Å². The van der Waals surface area contributed by atoms with Crippen LogP contribution in [0.2, 0.25) is 0 Å². The molecule has 6 nitrogen and oxygen atoms in total. The van der Waals surface area contributed by atoms with Gasteiger partial charge in [0.2, 0.25) is 0 Å². The molecule has 2 heterocycles. The largest absolute Gasteiger partial charge is 0.364 e. The Hall–Kier alpha value is -2.73. The zero-order valence-electron chi connectivity index (χ0n) is 13.3. The second kappa shape index (κ2) is 6.80. The molecule has 124 valence electrons. The first kappa shape index (κ1) is 16.1. The lowest BCUT2D eigenvalue weighted by molar-refractivity contribution is 0.0785. The molecule has 3 rings (SSSR count). The van der Waals surface area contributed by atoms with Crippen LogP contribution in [0.4, 0.5) is 0 Å². The summed E-state index contributed by atoms with van der Waals surface area (Å²) in [7, 11) is 0. The zero-order chi connectivity index (χ0) is 17.1. The molecule has 24 heavy (non-hydrogen) atoms. The number of carbonyl (C=O) groups is 2. The highest BCUT2D eigenvalue weighted by Gasteiger charge is 2.35. The van der Waals surface area contributed by atoms with Crippen molar-refractivity contribution in [3.63, 3.8) is 0 Å². The van der Waals surface area contributed by atoms with Crippen molar-refractivity contribution < 1.29 is 9.59 Å². The minimum atomic E-state index is -0.609. The van der Waals surface area contributed by atoms with Crippen LogP contribution in [0.25, 0.3) is 0 Å². The van der Waals surface area contributed by atoms with Gasteiger partial charge in [-0.05, 0) is 30.2 Å². The van der Waals surface area contributed by atoms with Gasteiger partial charge in [-0.3, -0.25) is 14.6 Å². The first-order chi connectivity index (χ1) is 11.6. The Labute approximate surface area is 140 Å². The normalized spacial score (nSPS) is 20.1. The summed E-state index contributed by atoms with van der Waals surface area (Å²) >= 11 is 0. The van der Waals surface area contributed by atoms with E-state index >= 15 is 0 Å². The fourth-order valence-electron chi connectivity index (χ4n) is 3.20. The molecule has 1 saturated heterocycles. The molecule has 1 aromatic carbocycles. The van der Waals surface area contributed by atoms with E-state index in [1.165, 1.54) is 17.8 Å². The van der Waals surface area contributed by atoms with E-state index in [-0.39, 0.29) is 23.4 Å². The summed E-state index contributed by atoms with van der Waals surface area (Å²) in [5.74, 6) is -0.245. The Morgan fingerprint density at radius 2 is 1.88 bits per heavy atom. The molecule has 1 aromatic heterocycles. The molecule has 0 radical (unpaired) electrons. The van der Waals surface area contributed by atoms with Crippen LogP contribution in [0.15, 0.2) is 48.7 Å². The lowest BCUT2D eigenvalue weighted by Crippen LogP contribution is -2.30. The molecule has 6 heteroatoms. The third-order valence-electron chi connectivity index (χ3n) is 4.52. The minimum absolute atomic E-state index is 0.101. The number of benzene rings is 1. The van der Waals surface area contributed by atoms with Crippen molar-refractivity contribution >= 4 is 11.8 Å². The maximum absolute atomic E-state index is 12.7. The molecule has 2 amide bonds. The first-order valence-electron chi connectivity index (χ1n) is 7.90. The molecule has 2 atom stereocenters.